The van der Waals surface area contributed by atoms with E-state index in [4.69, 9.17) is 0 Å². The van der Waals surface area contributed by atoms with Crippen LogP contribution >= 0.6 is 0 Å². The molecule has 0 bridgehead atoms. The standard InChI is InChI=1S/C14H20N4O/c1-3-15-14(2,12-7-5-4-6-8-12)9-10-18-11-16-17-13(18)19/h4-8,11,15H,3,9-10H2,1-2H3,(H,17,19)/t14-/m0/s1. The van der Waals surface area contributed by atoms with Gasteiger partial charge in [-0.15, -0.1) is 0 Å². The van der Waals surface area contributed by atoms with Crippen LogP contribution in [0.5, 0.6) is 0 Å². The smallest absolute Gasteiger partial charge is 0.308 e. The molecular formula is C14H20N4O. The molecule has 0 radical (unpaired) electrons. The summed E-state index contributed by atoms with van der Waals surface area (Å²) in [4.78, 5) is 11.5. The summed E-state index contributed by atoms with van der Waals surface area (Å²) in [6.07, 6.45) is 2.37. The van der Waals surface area contributed by atoms with Crippen molar-refractivity contribution in [3.63, 3.8) is 0 Å². The summed E-state index contributed by atoms with van der Waals surface area (Å²) in [5.74, 6) is 0. The van der Waals surface area contributed by atoms with Crippen LogP contribution in [-0.2, 0) is 12.1 Å². The summed E-state index contributed by atoms with van der Waals surface area (Å²) in [5.41, 5.74) is 0.924. The molecule has 0 aliphatic heterocycles. The van der Waals surface area contributed by atoms with Gasteiger partial charge in [-0.05, 0) is 25.5 Å². The van der Waals surface area contributed by atoms with Gasteiger partial charge in [-0.1, -0.05) is 37.3 Å². The summed E-state index contributed by atoms with van der Waals surface area (Å²) in [6.45, 7) is 5.77. The molecule has 2 N–H and O–H groups in total. The quantitative estimate of drug-likeness (QED) is 0.827. The van der Waals surface area contributed by atoms with Crippen LogP contribution < -0.4 is 11.0 Å². The summed E-state index contributed by atoms with van der Waals surface area (Å²) in [5, 5.41) is 9.67. The van der Waals surface area contributed by atoms with Gasteiger partial charge in [0.15, 0.2) is 0 Å². The van der Waals surface area contributed by atoms with Gasteiger partial charge in [0.1, 0.15) is 6.33 Å². The van der Waals surface area contributed by atoms with E-state index in [-0.39, 0.29) is 11.2 Å². The molecule has 0 saturated heterocycles. The fraction of sp³-hybridized carbons (Fsp3) is 0.429. The van der Waals surface area contributed by atoms with Crippen LogP contribution in [0.2, 0.25) is 0 Å². The zero-order valence-electron chi connectivity index (χ0n) is 11.4. The van der Waals surface area contributed by atoms with E-state index < -0.39 is 0 Å². The summed E-state index contributed by atoms with van der Waals surface area (Å²) in [6, 6.07) is 10.3. The van der Waals surface area contributed by atoms with E-state index in [2.05, 4.69) is 41.5 Å². The number of hydrogen-bond acceptors (Lipinski definition) is 3. The molecule has 19 heavy (non-hydrogen) atoms. The van der Waals surface area contributed by atoms with Crippen LogP contribution in [0.3, 0.4) is 0 Å². The molecule has 0 aliphatic carbocycles. The molecule has 1 atom stereocenters. The maximum Gasteiger partial charge on any atom is 0.343 e. The predicted molar refractivity (Wildman–Crippen MR) is 74.9 cm³/mol. The number of benzene rings is 1. The number of nitrogens with one attached hydrogen (secondary N) is 2. The first-order valence-corrected chi connectivity index (χ1v) is 6.56. The zero-order chi connectivity index (χ0) is 13.7. The highest BCUT2D eigenvalue weighted by Gasteiger charge is 2.25. The van der Waals surface area contributed by atoms with Crippen molar-refractivity contribution in [2.24, 2.45) is 0 Å². The van der Waals surface area contributed by atoms with Gasteiger partial charge >= 0.3 is 5.69 Å². The third-order valence-electron chi connectivity index (χ3n) is 3.45. The number of nitrogens with zero attached hydrogens (tertiary/aromatic N) is 2. The molecule has 1 aromatic carbocycles. The van der Waals surface area contributed by atoms with Gasteiger partial charge < -0.3 is 5.32 Å². The maximum absolute atomic E-state index is 11.5. The van der Waals surface area contributed by atoms with Crippen LogP contribution in [0.25, 0.3) is 0 Å². The average Bonchev–Trinajstić information content (AvgIpc) is 2.83. The van der Waals surface area contributed by atoms with Crippen molar-refractivity contribution in [3.05, 3.63) is 52.7 Å². The number of aromatic nitrogens is 3. The van der Waals surface area contributed by atoms with Crippen molar-refractivity contribution in [3.8, 4) is 0 Å². The van der Waals surface area contributed by atoms with Crippen LogP contribution in [0.1, 0.15) is 25.8 Å². The Bertz CT molecular complexity index is 560. The Balaban J connectivity index is 2.16. The van der Waals surface area contributed by atoms with Gasteiger partial charge in [0.2, 0.25) is 0 Å². The lowest BCUT2D eigenvalue weighted by Crippen LogP contribution is -2.40. The molecule has 5 heteroatoms. The van der Waals surface area contributed by atoms with Crippen LogP contribution in [0.4, 0.5) is 0 Å². The Morgan fingerprint density at radius 1 is 1.37 bits per heavy atom. The first kappa shape index (κ1) is 13.5. The zero-order valence-corrected chi connectivity index (χ0v) is 11.4. The minimum absolute atomic E-state index is 0.146. The van der Waals surface area contributed by atoms with Crippen molar-refractivity contribution >= 4 is 0 Å². The van der Waals surface area contributed by atoms with Gasteiger partial charge in [0.25, 0.3) is 0 Å². The van der Waals surface area contributed by atoms with Crippen molar-refractivity contribution in [1.29, 1.82) is 0 Å². The van der Waals surface area contributed by atoms with Crippen molar-refractivity contribution in [1.82, 2.24) is 20.1 Å². The molecule has 2 aromatic rings. The third kappa shape index (κ3) is 3.12. The molecule has 5 nitrogen and oxygen atoms in total. The molecular weight excluding hydrogens is 240 g/mol. The molecule has 1 aromatic heterocycles. The SMILES string of the molecule is CCN[C@@](C)(CCn1cn[nH]c1=O)c1ccccc1. The lowest BCUT2D eigenvalue weighted by Gasteiger charge is -2.31. The van der Waals surface area contributed by atoms with Crippen molar-refractivity contribution < 1.29 is 0 Å². The predicted octanol–water partition coefficient (Wildman–Crippen LogP) is 1.49. The van der Waals surface area contributed by atoms with Gasteiger partial charge in [-0.2, -0.15) is 5.10 Å². The highest BCUT2D eigenvalue weighted by molar-refractivity contribution is 5.23. The highest BCUT2D eigenvalue weighted by atomic mass is 16.1. The molecule has 102 valence electrons. The number of aromatic amines is 1. The summed E-state index contributed by atoms with van der Waals surface area (Å²) in [7, 11) is 0. The highest BCUT2D eigenvalue weighted by Crippen LogP contribution is 2.24. The van der Waals surface area contributed by atoms with E-state index in [1.165, 1.54) is 5.56 Å². The topological polar surface area (TPSA) is 62.7 Å². The minimum Gasteiger partial charge on any atom is -0.308 e. The number of hydrogen-bond donors (Lipinski definition) is 2. The Morgan fingerprint density at radius 3 is 2.68 bits per heavy atom. The van der Waals surface area contributed by atoms with Gasteiger partial charge in [0, 0.05) is 12.1 Å². The Morgan fingerprint density at radius 2 is 2.11 bits per heavy atom. The first-order chi connectivity index (χ1) is 9.15. The Kier molecular flexibility index (Phi) is 4.16. The van der Waals surface area contributed by atoms with Crippen molar-refractivity contribution in [2.45, 2.75) is 32.4 Å². The fourth-order valence-electron chi connectivity index (χ4n) is 2.30. The normalized spacial score (nSPS) is 14.2. The molecule has 1 heterocycles. The molecule has 0 fully saturated rings. The van der Waals surface area contributed by atoms with Crippen LogP contribution in [-0.4, -0.2) is 21.3 Å². The van der Waals surface area contributed by atoms with E-state index in [0.29, 0.717) is 6.54 Å². The van der Waals surface area contributed by atoms with Crippen molar-refractivity contribution in [2.75, 3.05) is 6.54 Å². The monoisotopic (exact) mass is 260 g/mol. The second-order valence-electron chi connectivity index (χ2n) is 4.83. The largest absolute Gasteiger partial charge is 0.343 e. The molecule has 0 spiro atoms. The number of aryl methyl sites for hydroxylation is 1. The fourth-order valence-corrected chi connectivity index (χ4v) is 2.30. The van der Waals surface area contributed by atoms with Crippen LogP contribution in [0, 0.1) is 0 Å². The maximum atomic E-state index is 11.5. The molecule has 0 unspecified atom stereocenters. The van der Waals surface area contributed by atoms with E-state index in [1.54, 1.807) is 10.9 Å². The third-order valence-corrected chi connectivity index (χ3v) is 3.45. The van der Waals surface area contributed by atoms with E-state index in [9.17, 15) is 4.79 Å². The first-order valence-electron chi connectivity index (χ1n) is 6.56. The van der Waals surface area contributed by atoms with E-state index in [0.717, 1.165) is 13.0 Å². The lowest BCUT2D eigenvalue weighted by molar-refractivity contribution is 0.326. The second-order valence-corrected chi connectivity index (χ2v) is 4.83. The molecule has 2 rings (SSSR count). The van der Waals surface area contributed by atoms with Gasteiger partial charge in [0.05, 0.1) is 0 Å². The van der Waals surface area contributed by atoms with E-state index in [1.807, 2.05) is 18.2 Å². The second kappa shape index (κ2) is 5.84. The molecule has 0 saturated carbocycles. The van der Waals surface area contributed by atoms with Gasteiger partial charge in [-0.25, -0.2) is 9.89 Å². The van der Waals surface area contributed by atoms with Crippen LogP contribution in [0.15, 0.2) is 41.5 Å². The number of H-pyrrole nitrogens is 1. The summed E-state index contributed by atoms with van der Waals surface area (Å²) < 4.78 is 1.60. The minimum atomic E-state index is -0.160. The Labute approximate surface area is 112 Å². The lowest BCUT2D eigenvalue weighted by atomic mass is 9.88. The van der Waals surface area contributed by atoms with Gasteiger partial charge in [-0.3, -0.25) is 4.57 Å². The summed E-state index contributed by atoms with van der Waals surface area (Å²) >= 11 is 0. The van der Waals surface area contributed by atoms with E-state index >= 15 is 0 Å². The average molecular weight is 260 g/mol. The Hall–Kier alpha value is -1.88. The molecule has 0 amide bonds. The molecule has 0 aliphatic rings. The number of rotatable bonds is 6.